The molecular weight excluding hydrogens is 376 g/mol. The van der Waals surface area contributed by atoms with E-state index in [1.54, 1.807) is 0 Å². The third-order valence-electron chi connectivity index (χ3n) is 4.56. The molecule has 0 bridgehead atoms. The number of hydrogen-bond acceptors (Lipinski definition) is 3. The minimum Gasteiger partial charge on any atom is -0.369 e. The largest absolute Gasteiger partial charge is 0.502 e. The molecule has 150 valence electrons. The maximum atomic E-state index is 6.41. The standard InChI is InChI=1S/C25H28O3Si/c1-2-3-19-29(26-20-23-13-7-4-8-14-23,27-21-24-15-9-5-10-16-24)28-22-25-17-11-6-12-18-25/h2,4-18H,1,3,19-22H2. The molecular formula is C25H28O3Si. The van der Waals surface area contributed by atoms with Crippen molar-refractivity contribution in [2.45, 2.75) is 32.3 Å². The second kappa shape index (κ2) is 11.5. The molecule has 3 aromatic rings. The van der Waals surface area contributed by atoms with Gasteiger partial charge in [-0.3, -0.25) is 0 Å². The van der Waals surface area contributed by atoms with Gasteiger partial charge in [-0.05, 0) is 23.1 Å². The molecule has 3 rings (SSSR count). The number of rotatable bonds is 12. The highest BCUT2D eigenvalue weighted by atomic mass is 28.4. The summed E-state index contributed by atoms with van der Waals surface area (Å²) in [6.45, 7) is 5.27. The van der Waals surface area contributed by atoms with Crippen LogP contribution >= 0.6 is 0 Å². The molecule has 0 atom stereocenters. The van der Waals surface area contributed by atoms with Crippen LogP contribution in [0.5, 0.6) is 0 Å². The summed E-state index contributed by atoms with van der Waals surface area (Å²) in [5.41, 5.74) is 3.32. The van der Waals surface area contributed by atoms with E-state index >= 15 is 0 Å². The van der Waals surface area contributed by atoms with Crippen LogP contribution in [0.1, 0.15) is 23.1 Å². The molecule has 0 aliphatic rings. The van der Waals surface area contributed by atoms with E-state index in [2.05, 4.69) is 43.0 Å². The molecule has 29 heavy (non-hydrogen) atoms. The second-order valence-electron chi connectivity index (χ2n) is 6.83. The molecule has 0 amide bonds. The minimum absolute atomic E-state index is 0.466. The van der Waals surface area contributed by atoms with E-state index in [0.717, 1.165) is 23.1 Å². The Kier molecular flexibility index (Phi) is 8.40. The molecule has 0 saturated carbocycles. The van der Waals surface area contributed by atoms with Gasteiger partial charge in [-0.25, -0.2) is 0 Å². The maximum absolute atomic E-state index is 6.41. The maximum Gasteiger partial charge on any atom is 0.502 e. The SMILES string of the molecule is C=CCC[Si](OCc1ccccc1)(OCc1ccccc1)OCc1ccccc1. The Morgan fingerprint density at radius 2 is 0.931 bits per heavy atom. The Labute approximate surface area is 175 Å². The monoisotopic (exact) mass is 404 g/mol. The van der Waals surface area contributed by atoms with Gasteiger partial charge in [0.05, 0.1) is 19.8 Å². The van der Waals surface area contributed by atoms with Crippen LogP contribution < -0.4 is 0 Å². The van der Waals surface area contributed by atoms with E-state index in [0.29, 0.717) is 25.9 Å². The molecule has 0 fully saturated rings. The first-order chi connectivity index (χ1) is 14.3. The van der Waals surface area contributed by atoms with Gasteiger partial charge in [-0.1, -0.05) is 97.1 Å². The summed E-state index contributed by atoms with van der Waals surface area (Å²) in [5, 5.41) is 0. The normalized spacial score (nSPS) is 11.3. The third-order valence-corrected chi connectivity index (χ3v) is 7.21. The highest BCUT2D eigenvalue weighted by Gasteiger charge is 2.41. The van der Waals surface area contributed by atoms with Crippen LogP contribution in [0.2, 0.25) is 6.04 Å². The average molecular weight is 405 g/mol. The van der Waals surface area contributed by atoms with Crippen molar-refractivity contribution in [3.8, 4) is 0 Å². The molecule has 0 aromatic heterocycles. The van der Waals surface area contributed by atoms with Crippen molar-refractivity contribution in [2.24, 2.45) is 0 Å². The summed E-state index contributed by atoms with van der Waals surface area (Å²) in [4.78, 5) is 0. The topological polar surface area (TPSA) is 27.7 Å². The van der Waals surface area contributed by atoms with Crippen molar-refractivity contribution in [2.75, 3.05) is 0 Å². The zero-order valence-electron chi connectivity index (χ0n) is 16.7. The van der Waals surface area contributed by atoms with Gasteiger partial charge in [0.2, 0.25) is 0 Å². The van der Waals surface area contributed by atoms with Crippen LogP contribution in [0, 0.1) is 0 Å². The predicted molar refractivity (Wildman–Crippen MR) is 119 cm³/mol. The lowest BCUT2D eigenvalue weighted by molar-refractivity contribution is 0.0429. The quantitative estimate of drug-likeness (QED) is 0.268. The minimum atomic E-state index is -2.94. The molecule has 0 aliphatic heterocycles. The van der Waals surface area contributed by atoms with Gasteiger partial charge in [0.1, 0.15) is 0 Å². The Bertz CT molecular complexity index is 732. The molecule has 0 aliphatic carbocycles. The molecule has 0 N–H and O–H groups in total. The van der Waals surface area contributed by atoms with Gasteiger partial charge in [0.15, 0.2) is 0 Å². The summed E-state index contributed by atoms with van der Waals surface area (Å²) >= 11 is 0. The van der Waals surface area contributed by atoms with E-state index in [4.69, 9.17) is 13.3 Å². The van der Waals surface area contributed by atoms with Gasteiger partial charge < -0.3 is 13.3 Å². The van der Waals surface area contributed by atoms with Crippen LogP contribution in [0.3, 0.4) is 0 Å². The molecule has 0 unspecified atom stereocenters. The number of hydrogen-bond donors (Lipinski definition) is 0. The van der Waals surface area contributed by atoms with Gasteiger partial charge in [-0.2, -0.15) is 0 Å². The van der Waals surface area contributed by atoms with Crippen molar-refractivity contribution in [1.82, 2.24) is 0 Å². The molecule has 0 saturated heterocycles. The Hall–Kier alpha value is -2.50. The van der Waals surface area contributed by atoms with E-state index in [9.17, 15) is 0 Å². The van der Waals surface area contributed by atoms with Gasteiger partial charge in [0, 0.05) is 6.04 Å². The highest BCUT2D eigenvalue weighted by Crippen LogP contribution is 2.24. The highest BCUT2D eigenvalue weighted by molar-refractivity contribution is 6.60. The first-order valence-electron chi connectivity index (χ1n) is 9.94. The van der Waals surface area contributed by atoms with E-state index in [-0.39, 0.29) is 0 Å². The number of allylic oxidation sites excluding steroid dienone is 1. The average Bonchev–Trinajstić information content (AvgIpc) is 2.80. The molecule has 0 spiro atoms. The Morgan fingerprint density at radius 3 is 1.24 bits per heavy atom. The van der Waals surface area contributed by atoms with Crippen LogP contribution in [0.25, 0.3) is 0 Å². The van der Waals surface area contributed by atoms with Crippen molar-refractivity contribution >= 4 is 8.80 Å². The first-order valence-corrected chi connectivity index (χ1v) is 11.9. The van der Waals surface area contributed by atoms with Crippen LogP contribution in [0.4, 0.5) is 0 Å². The van der Waals surface area contributed by atoms with Crippen molar-refractivity contribution in [1.29, 1.82) is 0 Å². The summed E-state index contributed by atoms with van der Waals surface area (Å²) in [5.74, 6) is 0. The predicted octanol–water partition coefficient (Wildman–Crippen LogP) is 6.15. The Balaban J connectivity index is 1.76. The molecule has 3 nitrogen and oxygen atoms in total. The van der Waals surface area contributed by atoms with Crippen molar-refractivity contribution in [3.63, 3.8) is 0 Å². The smallest absolute Gasteiger partial charge is 0.369 e. The Morgan fingerprint density at radius 1 is 0.586 bits per heavy atom. The lowest BCUT2D eigenvalue weighted by Gasteiger charge is -2.30. The van der Waals surface area contributed by atoms with Gasteiger partial charge in [0.25, 0.3) is 0 Å². The summed E-state index contributed by atoms with van der Waals surface area (Å²) < 4.78 is 19.2. The lowest BCUT2D eigenvalue weighted by atomic mass is 10.2. The zero-order valence-corrected chi connectivity index (χ0v) is 17.7. The van der Waals surface area contributed by atoms with Gasteiger partial charge >= 0.3 is 8.80 Å². The third kappa shape index (κ3) is 7.11. The molecule has 0 heterocycles. The summed E-state index contributed by atoms with van der Waals surface area (Å²) in [6, 6.07) is 31.1. The summed E-state index contributed by atoms with van der Waals surface area (Å²) in [6.07, 6.45) is 2.68. The van der Waals surface area contributed by atoms with Crippen molar-refractivity contribution < 1.29 is 13.3 Å². The molecule has 0 radical (unpaired) electrons. The van der Waals surface area contributed by atoms with Crippen LogP contribution in [-0.4, -0.2) is 8.80 Å². The second-order valence-corrected chi connectivity index (χ2v) is 9.57. The van der Waals surface area contributed by atoms with E-state index < -0.39 is 8.80 Å². The fourth-order valence-corrected chi connectivity index (χ4v) is 5.32. The summed E-state index contributed by atoms with van der Waals surface area (Å²) in [7, 11) is -2.94. The van der Waals surface area contributed by atoms with Crippen molar-refractivity contribution in [3.05, 3.63) is 120 Å². The number of benzene rings is 3. The van der Waals surface area contributed by atoms with Crippen LogP contribution in [0.15, 0.2) is 104 Å². The fraction of sp³-hybridized carbons (Fsp3) is 0.200. The van der Waals surface area contributed by atoms with E-state index in [1.807, 2.05) is 60.7 Å². The van der Waals surface area contributed by atoms with Crippen LogP contribution in [-0.2, 0) is 33.1 Å². The fourth-order valence-electron chi connectivity index (χ4n) is 2.92. The first kappa shape index (κ1) is 21.2. The van der Waals surface area contributed by atoms with E-state index in [1.165, 1.54) is 0 Å². The molecule has 3 aromatic carbocycles. The molecule has 4 heteroatoms. The van der Waals surface area contributed by atoms with Gasteiger partial charge in [-0.15, -0.1) is 6.58 Å². The zero-order chi connectivity index (χ0) is 20.2. The lowest BCUT2D eigenvalue weighted by Crippen LogP contribution is -2.45.